The van der Waals surface area contributed by atoms with Crippen molar-refractivity contribution in [2.24, 2.45) is 5.92 Å². The minimum absolute atomic E-state index is 0.0337. The number of amides is 1. The van der Waals surface area contributed by atoms with Crippen LogP contribution in [-0.2, 0) is 4.79 Å². The molecule has 4 heteroatoms. The molecule has 0 saturated carbocycles. The molecule has 0 radical (unpaired) electrons. The van der Waals surface area contributed by atoms with Crippen LogP contribution in [0.15, 0.2) is 0 Å². The van der Waals surface area contributed by atoms with Crippen molar-refractivity contribution in [1.82, 2.24) is 5.32 Å². The summed E-state index contributed by atoms with van der Waals surface area (Å²) in [5, 5.41) is 22.9. The first-order valence-corrected chi connectivity index (χ1v) is 16.1. The van der Waals surface area contributed by atoms with Gasteiger partial charge < -0.3 is 15.5 Å². The van der Waals surface area contributed by atoms with Gasteiger partial charge in [0.05, 0.1) is 18.8 Å². The molecule has 0 spiro atoms. The summed E-state index contributed by atoms with van der Waals surface area (Å²) in [4.78, 5) is 12.2. The second-order valence-electron chi connectivity index (χ2n) is 11.7. The summed E-state index contributed by atoms with van der Waals surface area (Å²) in [5.74, 6) is 0.798. The lowest BCUT2D eigenvalue weighted by atomic mass is 10.0. The van der Waals surface area contributed by atoms with Crippen LogP contribution < -0.4 is 5.32 Å². The lowest BCUT2D eigenvalue weighted by molar-refractivity contribution is -0.123. The number of hydrogen-bond acceptors (Lipinski definition) is 3. The Hall–Kier alpha value is -0.610. The van der Waals surface area contributed by atoms with Crippen molar-refractivity contribution >= 4 is 5.91 Å². The molecule has 3 N–H and O–H groups in total. The van der Waals surface area contributed by atoms with Gasteiger partial charge in [-0.3, -0.25) is 4.79 Å². The number of hydrogen-bond donors (Lipinski definition) is 3. The van der Waals surface area contributed by atoms with Gasteiger partial charge in [0, 0.05) is 6.42 Å². The number of nitrogens with one attached hydrogen (secondary N) is 1. The van der Waals surface area contributed by atoms with Gasteiger partial charge in [0.15, 0.2) is 0 Å². The standard InChI is InChI=1S/C32H65NO3/c1-4-5-6-7-8-9-10-11-15-18-21-24-27-32(36)33-30(28-34)31(35)26-23-20-17-14-12-13-16-19-22-25-29(2)3/h29-31,34-35H,4-28H2,1-3H3,(H,33,36)/t30-,31+/m0/s1. The van der Waals surface area contributed by atoms with Crippen LogP contribution in [0.5, 0.6) is 0 Å². The Balaban J connectivity index is 3.58. The van der Waals surface area contributed by atoms with Gasteiger partial charge in [-0.25, -0.2) is 0 Å². The molecule has 0 fully saturated rings. The molecule has 0 saturated heterocycles. The van der Waals surface area contributed by atoms with Crippen LogP contribution in [0.1, 0.15) is 175 Å². The number of aliphatic hydroxyl groups excluding tert-OH is 2. The smallest absolute Gasteiger partial charge is 0.220 e. The summed E-state index contributed by atoms with van der Waals surface area (Å²) in [6.45, 7) is 6.67. The number of unbranched alkanes of at least 4 members (excludes halogenated alkanes) is 19. The minimum atomic E-state index is -0.651. The van der Waals surface area contributed by atoms with E-state index in [1.807, 2.05) is 0 Å². The van der Waals surface area contributed by atoms with Crippen molar-refractivity contribution in [2.75, 3.05) is 6.61 Å². The second kappa shape index (κ2) is 27.4. The number of carbonyl (C=O) groups excluding carboxylic acids is 1. The molecule has 0 aliphatic heterocycles. The maximum absolute atomic E-state index is 12.2. The summed E-state index contributed by atoms with van der Waals surface area (Å²) in [6, 6.07) is -0.527. The highest BCUT2D eigenvalue weighted by Crippen LogP contribution is 2.15. The lowest BCUT2D eigenvalue weighted by Gasteiger charge is -2.22. The molecule has 0 heterocycles. The van der Waals surface area contributed by atoms with E-state index in [9.17, 15) is 15.0 Å². The number of rotatable bonds is 28. The normalized spacial score (nSPS) is 13.3. The predicted octanol–water partition coefficient (Wildman–Crippen LogP) is 8.86. The van der Waals surface area contributed by atoms with E-state index >= 15 is 0 Å². The molecule has 0 aromatic heterocycles. The molecule has 36 heavy (non-hydrogen) atoms. The van der Waals surface area contributed by atoms with E-state index in [1.165, 1.54) is 116 Å². The fraction of sp³-hybridized carbons (Fsp3) is 0.969. The van der Waals surface area contributed by atoms with Crippen molar-refractivity contribution in [1.29, 1.82) is 0 Å². The van der Waals surface area contributed by atoms with Crippen LogP contribution >= 0.6 is 0 Å². The Bertz CT molecular complexity index is 455. The Morgan fingerprint density at radius 2 is 1.00 bits per heavy atom. The minimum Gasteiger partial charge on any atom is -0.394 e. The van der Waals surface area contributed by atoms with E-state index in [0.29, 0.717) is 12.8 Å². The summed E-state index contributed by atoms with van der Waals surface area (Å²) < 4.78 is 0. The molecule has 0 aliphatic rings. The van der Waals surface area contributed by atoms with Gasteiger partial charge in [-0.1, -0.05) is 156 Å². The maximum atomic E-state index is 12.2. The predicted molar refractivity (Wildman–Crippen MR) is 156 cm³/mol. The van der Waals surface area contributed by atoms with Crippen molar-refractivity contribution in [3.8, 4) is 0 Å². The zero-order valence-corrected chi connectivity index (χ0v) is 24.7. The molecule has 0 rings (SSSR count). The SMILES string of the molecule is CCCCCCCCCCCCCCC(=O)N[C@@H](CO)[C@H](O)CCCCCCCCCCCC(C)C. The first-order chi connectivity index (χ1) is 17.5. The van der Waals surface area contributed by atoms with Crippen LogP contribution in [0.2, 0.25) is 0 Å². The van der Waals surface area contributed by atoms with Crippen LogP contribution in [0, 0.1) is 5.92 Å². The van der Waals surface area contributed by atoms with Crippen LogP contribution in [0.25, 0.3) is 0 Å². The molecule has 0 aliphatic carbocycles. The van der Waals surface area contributed by atoms with Gasteiger partial charge in [-0.15, -0.1) is 0 Å². The third kappa shape index (κ3) is 25.1. The molecule has 0 aromatic rings. The molecule has 0 bridgehead atoms. The van der Waals surface area contributed by atoms with Gasteiger partial charge in [0.2, 0.25) is 5.91 Å². The van der Waals surface area contributed by atoms with Crippen LogP contribution in [0.3, 0.4) is 0 Å². The molecule has 2 atom stereocenters. The van der Waals surface area contributed by atoms with Crippen LogP contribution in [0.4, 0.5) is 0 Å². The van der Waals surface area contributed by atoms with Gasteiger partial charge in [0.1, 0.15) is 0 Å². The zero-order valence-electron chi connectivity index (χ0n) is 24.7. The quantitative estimate of drug-likeness (QED) is 0.0919. The second-order valence-corrected chi connectivity index (χ2v) is 11.7. The van der Waals surface area contributed by atoms with E-state index in [-0.39, 0.29) is 12.5 Å². The number of carbonyl (C=O) groups is 1. The third-order valence-corrected chi connectivity index (χ3v) is 7.55. The highest BCUT2D eigenvalue weighted by Gasteiger charge is 2.19. The highest BCUT2D eigenvalue weighted by atomic mass is 16.3. The average Bonchev–Trinajstić information content (AvgIpc) is 2.86. The van der Waals surface area contributed by atoms with E-state index < -0.39 is 12.1 Å². The summed E-state index contributed by atoms with van der Waals surface area (Å²) >= 11 is 0. The Morgan fingerprint density at radius 3 is 1.42 bits per heavy atom. The zero-order chi connectivity index (χ0) is 26.7. The fourth-order valence-electron chi connectivity index (χ4n) is 5.01. The van der Waals surface area contributed by atoms with Gasteiger partial charge >= 0.3 is 0 Å². The van der Waals surface area contributed by atoms with E-state index in [0.717, 1.165) is 31.6 Å². The van der Waals surface area contributed by atoms with Crippen molar-refractivity contribution in [3.63, 3.8) is 0 Å². The summed E-state index contributed by atoms with van der Waals surface area (Å²) in [5.41, 5.74) is 0. The van der Waals surface area contributed by atoms with Crippen LogP contribution in [-0.4, -0.2) is 34.9 Å². The third-order valence-electron chi connectivity index (χ3n) is 7.55. The average molecular weight is 512 g/mol. The van der Waals surface area contributed by atoms with Gasteiger partial charge in [-0.2, -0.15) is 0 Å². The monoisotopic (exact) mass is 511 g/mol. The van der Waals surface area contributed by atoms with Gasteiger partial charge in [-0.05, 0) is 18.8 Å². The fourth-order valence-corrected chi connectivity index (χ4v) is 5.01. The Labute approximate surface area is 225 Å². The summed E-state index contributed by atoms with van der Waals surface area (Å²) in [7, 11) is 0. The van der Waals surface area contributed by atoms with E-state index in [4.69, 9.17) is 0 Å². The lowest BCUT2D eigenvalue weighted by Crippen LogP contribution is -2.45. The summed E-state index contributed by atoms with van der Waals surface area (Å²) in [6.07, 6.45) is 28.6. The van der Waals surface area contributed by atoms with E-state index in [2.05, 4.69) is 26.1 Å². The number of aliphatic hydroxyl groups is 2. The van der Waals surface area contributed by atoms with Crippen molar-refractivity contribution in [3.05, 3.63) is 0 Å². The van der Waals surface area contributed by atoms with Gasteiger partial charge in [0.25, 0.3) is 0 Å². The first kappa shape index (κ1) is 35.4. The Morgan fingerprint density at radius 1 is 0.611 bits per heavy atom. The molecule has 0 unspecified atom stereocenters. The molecule has 4 nitrogen and oxygen atoms in total. The van der Waals surface area contributed by atoms with Crippen molar-refractivity contribution in [2.45, 2.75) is 187 Å². The highest BCUT2D eigenvalue weighted by molar-refractivity contribution is 5.76. The molecule has 216 valence electrons. The molecular formula is C32H65NO3. The molecule has 1 amide bonds. The molecular weight excluding hydrogens is 446 g/mol. The Kier molecular flexibility index (Phi) is 27.0. The molecule has 0 aromatic carbocycles. The first-order valence-electron chi connectivity index (χ1n) is 16.1. The largest absolute Gasteiger partial charge is 0.394 e. The topological polar surface area (TPSA) is 69.6 Å². The maximum Gasteiger partial charge on any atom is 0.220 e. The van der Waals surface area contributed by atoms with E-state index in [1.54, 1.807) is 0 Å². The van der Waals surface area contributed by atoms with Crippen molar-refractivity contribution < 1.29 is 15.0 Å².